The van der Waals surface area contributed by atoms with Crippen molar-refractivity contribution in [3.63, 3.8) is 0 Å². The number of aryl methyl sites for hydroxylation is 2. The number of pyridine rings is 1. The minimum atomic E-state index is -2.70. The average molecular weight is 1310 g/mol. The van der Waals surface area contributed by atoms with Gasteiger partial charge in [0.15, 0.2) is 0 Å². The lowest BCUT2D eigenvalue weighted by Crippen LogP contribution is -2.34. The maximum absolute atomic E-state index is 9.26. The van der Waals surface area contributed by atoms with Gasteiger partial charge in [0.2, 0.25) is 0 Å². The molecule has 0 atom stereocenters. The lowest BCUT2D eigenvalue weighted by Gasteiger charge is -2.42. The predicted molar refractivity (Wildman–Crippen MR) is 418 cm³/mol. The molecule has 17 rings (SSSR count). The number of hydrogen-bond donors (Lipinski definition) is 0. The molecule has 0 fully saturated rings. The van der Waals surface area contributed by atoms with Crippen LogP contribution in [0.1, 0.15) is 150 Å². The largest absolute Gasteiger partial charge is 0.458 e. The van der Waals surface area contributed by atoms with E-state index in [9.17, 15) is 8.22 Å². The highest BCUT2D eigenvalue weighted by atomic mass is 16.5. The van der Waals surface area contributed by atoms with E-state index in [1.165, 1.54) is 16.7 Å². The molecule has 494 valence electrons. The standard InChI is InChI=1S/C94H87N5O/c1-57-26-24-27-58(2)87(57)60-46-74(59-44-62(91(6,7)8)48-63(45-59)92(9,10)11)88-77(47-60)76-55-80-79(93(12,13)41-42-94(80,14)15)54-75(76)68-30-16-17-31-69(68)78-51-65(98-81-35-21-18-32-70(81)71-33-19-22-36-82(71)98)52-85-89(78)97(88)56-96(85)64-28-25-29-66(50-64)100-67-38-39-73-72-34-20-23-37-83(72)99(84(73)53-67)86-49-61(40-43-95-86)90(3,4)5/h16-40,43-55H,41-42H2,1-15H3/i1D3,2D3. The van der Waals surface area contributed by atoms with Crippen molar-refractivity contribution >= 4 is 54.6 Å². The van der Waals surface area contributed by atoms with Crippen LogP contribution in [0.2, 0.25) is 0 Å². The fraction of sp³-hybridized carbons (Fsp3) is 0.234. The highest BCUT2D eigenvalue weighted by Gasteiger charge is 2.40. The molecule has 5 heterocycles. The zero-order valence-corrected chi connectivity index (χ0v) is 59.5. The summed E-state index contributed by atoms with van der Waals surface area (Å²) < 4.78 is 71.8. The van der Waals surface area contributed by atoms with Gasteiger partial charge in [-0.2, -0.15) is 0 Å². The third kappa shape index (κ3) is 10.2. The minimum Gasteiger partial charge on any atom is -0.458 e. The maximum atomic E-state index is 9.26. The first-order chi connectivity index (χ1) is 50.2. The molecule has 15 aromatic rings. The number of para-hydroxylation sites is 3. The third-order valence-electron chi connectivity index (χ3n) is 21.8. The van der Waals surface area contributed by atoms with Crippen LogP contribution < -0.4 is 9.30 Å². The van der Waals surface area contributed by atoms with E-state index in [2.05, 4.69) is 309 Å². The summed E-state index contributed by atoms with van der Waals surface area (Å²) in [4.78, 5) is 5.00. The van der Waals surface area contributed by atoms with Crippen molar-refractivity contribution in [1.82, 2.24) is 18.7 Å². The van der Waals surface area contributed by atoms with Gasteiger partial charge < -0.3 is 9.30 Å². The van der Waals surface area contributed by atoms with Gasteiger partial charge in [-0.05, 0) is 239 Å². The van der Waals surface area contributed by atoms with Gasteiger partial charge in [-0.15, -0.1) is 0 Å². The molecular weight excluding hydrogens is 1220 g/mol. The molecule has 100 heavy (non-hydrogen) atoms. The van der Waals surface area contributed by atoms with Gasteiger partial charge in [0.05, 0.1) is 44.5 Å². The van der Waals surface area contributed by atoms with Crippen LogP contribution in [0.4, 0.5) is 0 Å². The number of fused-ring (bicyclic) bond motifs is 14. The molecule has 4 aromatic heterocycles. The molecule has 0 saturated heterocycles. The van der Waals surface area contributed by atoms with E-state index >= 15 is 0 Å². The SMILES string of the molecule is [2H]C([2H])([2H])c1cccc(C([2H])([2H])[2H])c1-c1cc(-c2cc(C(C)(C)C)cc(C(C)(C)C)c2)c2c(c1)-c1cc3c(cc1-c1ccccc1-c1cc(-n4c5ccccc5c5ccccc54)cc4c1[n+]-2[c-]n4-c1cccc(Oc2ccc4c5ccccc5n(-c5cc(C(C)(C)C)ccn5)c4c2)c1)C(C)(C)CCC3(C)C. The summed E-state index contributed by atoms with van der Waals surface area (Å²) in [6, 6.07) is 79.0. The summed E-state index contributed by atoms with van der Waals surface area (Å²) in [7, 11) is 0. The second kappa shape index (κ2) is 22.5. The lowest BCUT2D eigenvalue weighted by molar-refractivity contribution is -0.570. The summed E-state index contributed by atoms with van der Waals surface area (Å²) in [5.74, 6) is 2.10. The van der Waals surface area contributed by atoms with E-state index in [-0.39, 0.29) is 43.8 Å². The average Bonchev–Trinajstić information content (AvgIpc) is 1.61. The zero-order chi connectivity index (χ0) is 74.3. The first-order valence-electron chi connectivity index (χ1n) is 38.3. The van der Waals surface area contributed by atoms with Crippen molar-refractivity contribution in [3.05, 3.63) is 276 Å². The maximum Gasteiger partial charge on any atom is 0.269 e. The van der Waals surface area contributed by atoms with Crippen LogP contribution in [0.15, 0.2) is 231 Å². The molecule has 0 spiro atoms. The molecule has 6 heteroatoms. The molecule has 0 radical (unpaired) electrons. The summed E-state index contributed by atoms with van der Waals surface area (Å²) in [5.41, 5.74) is 21.1. The van der Waals surface area contributed by atoms with Crippen LogP contribution in [-0.2, 0) is 27.1 Å². The number of rotatable bonds is 7. The third-order valence-corrected chi connectivity index (χ3v) is 21.8. The van der Waals surface area contributed by atoms with Crippen molar-refractivity contribution in [3.8, 4) is 90.0 Å². The summed E-state index contributed by atoms with van der Waals surface area (Å²) in [6.07, 6.45) is 8.03. The Balaban J connectivity index is 1.02. The Labute approximate surface area is 597 Å². The van der Waals surface area contributed by atoms with Gasteiger partial charge in [0.25, 0.3) is 6.33 Å². The highest BCUT2D eigenvalue weighted by Crippen LogP contribution is 2.54. The Bertz CT molecular complexity index is 6050. The van der Waals surface area contributed by atoms with Gasteiger partial charge >= 0.3 is 0 Å². The first-order valence-corrected chi connectivity index (χ1v) is 35.3. The van der Waals surface area contributed by atoms with Crippen molar-refractivity contribution in [2.75, 3.05) is 0 Å². The number of benzene rings is 11. The number of nitrogens with zero attached hydrogens (tertiary/aromatic N) is 5. The van der Waals surface area contributed by atoms with E-state index in [4.69, 9.17) is 9.72 Å². The van der Waals surface area contributed by atoms with Crippen molar-refractivity contribution < 1.29 is 17.5 Å². The molecular formula is C94H87N5O. The summed E-state index contributed by atoms with van der Waals surface area (Å²) >= 11 is 0. The Morgan fingerprint density at radius 2 is 0.960 bits per heavy atom. The number of hydrogen-bond acceptors (Lipinski definition) is 2. The number of imidazole rings is 1. The van der Waals surface area contributed by atoms with E-state index in [1.807, 2.05) is 18.3 Å². The molecule has 0 saturated carbocycles. The normalized spacial score (nSPS) is 15.4. The van der Waals surface area contributed by atoms with E-state index < -0.39 is 13.7 Å². The Kier molecular flexibility index (Phi) is 12.7. The van der Waals surface area contributed by atoms with Crippen LogP contribution in [-0.4, -0.2) is 18.7 Å². The second-order valence-electron chi connectivity index (χ2n) is 32.5. The Morgan fingerprint density at radius 3 is 1.57 bits per heavy atom. The van der Waals surface area contributed by atoms with Crippen LogP contribution >= 0.6 is 0 Å². The van der Waals surface area contributed by atoms with Crippen molar-refractivity contribution in [1.29, 1.82) is 0 Å². The zero-order valence-electron chi connectivity index (χ0n) is 65.5. The van der Waals surface area contributed by atoms with Crippen LogP contribution in [0.5, 0.6) is 11.5 Å². The van der Waals surface area contributed by atoms with Gasteiger partial charge in [-0.25, -0.2) is 4.98 Å². The smallest absolute Gasteiger partial charge is 0.269 e. The molecule has 0 unspecified atom stereocenters. The van der Waals surface area contributed by atoms with Gasteiger partial charge in [-0.1, -0.05) is 217 Å². The van der Waals surface area contributed by atoms with E-state index in [0.717, 1.165) is 146 Å². The fourth-order valence-electron chi connectivity index (χ4n) is 16.2. The van der Waals surface area contributed by atoms with Crippen molar-refractivity contribution in [2.45, 2.75) is 144 Å². The molecule has 6 nitrogen and oxygen atoms in total. The van der Waals surface area contributed by atoms with Gasteiger partial charge in [-0.3, -0.25) is 13.7 Å². The van der Waals surface area contributed by atoms with E-state index in [0.29, 0.717) is 17.1 Å². The fourth-order valence-corrected chi connectivity index (χ4v) is 16.2. The molecule has 0 bridgehead atoms. The second-order valence-corrected chi connectivity index (χ2v) is 32.5. The van der Waals surface area contributed by atoms with E-state index in [1.54, 1.807) is 18.2 Å². The Morgan fingerprint density at radius 1 is 0.420 bits per heavy atom. The number of ether oxygens (including phenoxy) is 1. The molecule has 1 aliphatic heterocycles. The molecule has 0 amide bonds. The molecule has 2 aliphatic rings. The summed E-state index contributed by atoms with van der Waals surface area (Å²) in [6.45, 7) is 24.2. The molecule has 0 N–H and O–H groups in total. The van der Waals surface area contributed by atoms with Crippen molar-refractivity contribution in [2.24, 2.45) is 0 Å². The Hall–Kier alpha value is -10.6. The van der Waals surface area contributed by atoms with Gasteiger partial charge in [0.1, 0.15) is 17.3 Å². The number of aromatic nitrogens is 5. The van der Waals surface area contributed by atoms with Crippen LogP contribution in [0.25, 0.3) is 133 Å². The first kappa shape index (κ1) is 56.3. The molecule has 11 aromatic carbocycles. The minimum absolute atomic E-state index is 0.0317. The van der Waals surface area contributed by atoms with Crippen LogP contribution in [0, 0.1) is 20.0 Å². The van der Waals surface area contributed by atoms with Crippen LogP contribution in [0.3, 0.4) is 0 Å². The topological polar surface area (TPSA) is 40.8 Å². The monoisotopic (exact) mass is 1310 g/mol. The van der Waals surface area contributed by atoms with Gasteiger partial charge in [0, 0.05) is 47.7 Å². The summed E-state index contributed by atoms with van der Waals surface area (Å²) in [5, 5.41) is 4.48. The quantitative estimate of drug-likeness (QED) is 0.118. The molecule has 1 aliphatic carbocycles. The highest BCUT2D eigenvalue weighted by molar-refractivity contribution is 6.11. The lowest BCUT2D eigenvalue weighted by atomic mass is 9.62. The predicted octanol–water partition coefficient (Wildman–Crippen LogP) is 24.6.